The number of aryl methyl sites for hydroxylation is 3. The number of carbonyl (C=O) groups excluding carboxylic acids is 1. The van der Waals surface area contributed by atoms with Crippen LogP contribution in [0.1, 0.15) is 34.7 Å². The van der Waals surface area contributed by atoms with Crippen molar-refractivity contribution in [2.24, 2.45) is 0 Å². The van der Waals surface area contributed by atoms with E-state index < -0.39 is 0 Å². The summed E-state index contributed by atoms with van der Waals surface area (Å²) in [5.41, 5.74) is 3.13. The van der Waals surface area contributed by atoms with Crippen LogP contribution in [-0.4, -0.2) is 21.6 Å². The number of anilines is 1. The zero-order valence-electron chi connectivity index (χ0n) is 15.1. The van der Waals surface area contributed by atoms with Crippen LogP contribution >= 0.6 is 23.1 Å². The van der Waals surface area contributed by atoms with Crippen LogP contribution in [-0.2, 0) is 23.4 Å². The Bertz CT molecular complexity index is 1060. The van der Waals surface area contributed by atoms with Crippen molar-refractivity contribution in [1.82, 2.24) is 9.97 Å². The summed E-state index contributed by atoms with van der Waals surface area (Å²) in [7, 11) is 0. The van der Waals surface area contributed by atoms with Crippen molar-refractivity contribution in [1.29, 1.82) is 0 Å². The van der Waals surface area contributed by atoms with Gasteiger partial charge < -0.3 is 10.3 Å². The monoisotopic (exact) mass is 399 g/mol. The second-order valence-corrected chi connectivity index (χ2v) is 8.96. The molecule has 7 heteroatoms. The number of nitrogens with zero attached hydrogens (tertiary/aromatic N) is 1. The van der Waals surface area contributed by atoms with Crippen molar-refractivity contribution in [3.8, 4) is 0 Å². The predicted molar refractivity (Wildman–Crippen MR) is 113 cm³/mol. The number of benzene rings is 1. The molecule has 1 aromatic carbocycles. The lowest BCUT2D eigenvalue weighted by Crippen LogP contribution is -2.13. The smallest absolute Gasteiger partial charge is 0.259 e. The Morgan fingerprint density at radius 2 is 2.26 bits per heavy atom. The summed E-state index contributed by atoms with van der Waals surface area (Å²) >= 11 is 3.26. The molecular formula is C20H21N3O2S2. The molecule has 2 N–H and O–H groups in total. The minimum atomic E-state index is -0.0211. The molecule has 0 aliphatic heterocycles. The molecule has 1 aliphatic carbocycles. The number of aromatic nitrogens is 2. The predicted octanol–water partition coefficient (Wildman–Crippen LogP) is 4.04. The zero-order chi connectivity index (χ0) is 18.8. The molecule has 1 amide bonds. The lowest BCUT2D eigenvalue weighted by atomic mass is 10.2. The molecule has 27 heavy (non-hydrogen) atoms. The van der Waals surface area contributed by atoms with Gasteiger partial charge in [0.15, 0.2) is 0 Å². The highest BCUT2D eigenvalue weighted by atomic mass is 32.2. The topological polar surface area (TPSA) is 74.8 Å². The molecule has 0 saturated heterocycles. The van der Waals surface area contributed by atoms with E-state index >= 15 is 0 Å². The van der Waals surface area contributed by atoms with Crippen LogP contribution in [0.2, 0.25) is 0 Å². The van der Waals surface area contributed by atoms with Gasteiger partial charge in [0.05, 0.1) is 11.1 Å². The highest BCUT2D eigenvalue weighted by Crippen LogP contribution is 2.34. The Kier molecular flexibility index (Phi) is 5.31. The fraction of sp³-hybridized carbons (Fsp3) is 0.350. The second-order valence-electron chi connectivity index (χ2n) is 6.77. The molecule has 0 spiro atoms. The van der Waals surface area contributed by atoms with E-state index in [9.17, 15) is 9.59 Å². The van der Waals surface area contributed by atoms with Crippen molar-refractivity contribution < 1.29 is 4.79 Å². The Balaban J connectivity index is 1.31. The number of aromatic amines is 1. The summed E-state index contributed by atoms with van der Waals surface area (Å²) in [6, 6.07) is 7.77. The van der Waals surface area contributed by atoms with Crippen molar-refractivity contribution in [3.05, 3.63) is 56.4 Å². The van der Waals surface area contributed by atoms with Gasteiger partial charge in [-0.15, -0.1) is 11.3 Å². The number of carbonyl (C=O) groups is 1. The number of hydrogen-bond acceptors (Lipinski definition) is 5. The summed E-state index contributed by atoms with van der Waals surface area (Å²) in [6.45, 7) is 2.00. The Morgan fingerprint density at radius 1 is 1.37 bits per heavy atom. The molecule has 1 aliphatic rings. The maximum Gasteiger partial charge on any atom is 0.259 e. The molecule has 3 aromatic rings. The molecule has 5 nitrogen and oxygen atoms in total. The van der Waals surface area contributed by atoms with Gasteiger partial charge in [0, 0.05) is 22.7 Å². The summed E-state index contributed by atoms with van der Waals surface area (Å²) < 4.78 is 0. The summed E-state index contributed by atoms with van der Waals surface area (Å²) in [6.07, 6.45) is 3.62. The van der Waals surface area contributed by atoms with Crippen molar-refractivity contribution in [2.45, 2.75) is 38.4 Å². The maximum absolute atomic E-state index is 12.4. The Labute approximate surface area is 165 Å². The highest BCUT2D eigenvalue weighted by molar-refractivity contribution is 7.98. The van der Waals surface area contributed by atoms with Gasteiger partial charge in [0.2, 0.25) is 5.91 Å². The molecule has 2 heterocycles. The summed E-state index contributed by atoms with van der Waals surface area (Å²) in [5, 5.41) is 3.70. The normalized spacial score (nSPS) is 13.1. The number of thioether (sulfide) groups is 1. The summed E-state index contributed by atoms with van der Waals surface area (Å²) in [4.78, 5) is 34.2. The van der Waals surface area contributed by atoms with E-state index in [0.717, 1.165) is 40.7 Å². The number of fused-ring (bicyclic) bond motifs is 3. The number of H-pyrrole nitrogens is 1. The van der Waals surface area contributed by atoms with E-state index in [1.165, 1.54) is 10.4 Å². The van der Waals surface area contributed by atoms with Crippen molar-refractivity contribution in [2.75, 3.05) is 11.1 Å². The van der Waals surface area contributed by atoms with Crippen LogP contribution in [0.3, 0.4) is 0 Å². The molecule has 2 aromatic heterocycles. The van der Waals surface area contributed by atoms with Gasteiger partial charge in [-0.2, -0.15) is 11.8 Å². The van der Waals surface area contributed by atoms with E-state index in [1.807, 2.05) is 31.2 Å². The quantitative estimate of drug-likeness (QED) is 0.614. The van der Waals surface area contributed by atoms with Crippen LogP contribution < -0.4 is 10.9 Å². The summed E-state index contributed by atoms with van der Waals surface area (Å²) in [5.74, 6) is 1.97. The molecule has 140 valence electrons. The highest BCUT2D eigenvalue weighted by Gasteiger charge is 2.21. The molecule has 0 unspecified atom stereocenters. The fourth-order valence-electron chi connectivity index (χ4n) is 3.40. The Morgan fingerprint density at radius 3 is 3.11 bits per heavy atom. The third kappa shape index (κ3) is 4.09. The Hall–Kier alpha value is -2.12. The van der Waals surface area contributed by atoms with Crippen molar-refractivity contribution in [3.63, 3.8) is 0 Å². The number of nitrogens with one attached hydrogen (secondary N) is 2. The lowest BCUT2D eigenvalue weighted by molar-refractivity contribution is -0.115. The first-order valence-corrected chi connectivity index (χ1v) is 11.0. The number of rotatable bonds is 6. The van der Waals surface area contributed by atoms with E-state index in [-0.39, 0.29) is 11.5 Å². The first-order chi connectivity index (χ1) is 13.1. The first-order valence-electron chi connectivity index (χ1n) is 9.08. The van der Waals surface area contributed by atoms with E-state index in [4.69, 9.17) is 0 Å². The van der Waals surface area contributed by atoms with Gasteiger partial charge in [-0.05, 0) is 49.4 Å². The van der Waals surface area contributed by atoms with Crippen LogP contribution in [0.15, 0.2) is 29.1 Å². The molecule has 0 fully saturated rings. The molecule has 0 radical (unpaired) electrons. The lowest BCUT2D eigenvalue weighted by Gasteiger charge is -2.06. The van der Waals surface area contributed by atoms with Gasteiger partial charge in [-0.25, -0.2) is 4.98 Å². The van der Waals surface area contributed by atoms with Crippen LogP contribution in [0.25, 0.3) is 10.2 Å². The fourth-order valence-corrected chi connectivity index (χ4v) is 5.48. The second kappa shape index (κ2) is 7.86. The minimum absolute atomic E-state index is 0.000290. The molecule has 0 saturated carbocycles. The van der Waals surface area contributed by atoms with Gasteiger partial charge in [-0.3, -0.25) is 9.59 Å². The molecule has 4 rings (SSSR count). The van der Waals surface area contributed by atoms with Gasteiger partial charge in [0.25, 0.3) is 5.56 Å². The van der Waals surface area contributed by atoms with E-state index in [2.05, 4.69) is 15.3 Å². The third-order valence-electron chi connectivity index (χ3n) is 4.64. The largest absolute Gasteiger partial charge is 0.326 e. The number of thiophene rings is 1. The SMILES string of the molecule is Cc1cccc(NC(=O)CCSCc2nc3sc4c(c3c(=O)[nH]2)CCC4)c1. The molecular weight excluding hydrogens is 378 g/mol. The maximum atomic E-state index is 12.4. The minimum Gasteiger partial charge on any atom is -0.326 e. The first kappa shape index (κ1) is 18.3. The molecule has 0 bridgehead atoms. The van der Waals surface area contributed by atoms with Crippen LogP contribution in [0.4, 0.5) is 5.69 Å². The number of hydrogen-bond donors (Lipinski definition) is 2. The van der Waals surface area contributed by atoms with Crippen LogP contribution in [0.5, 0.6) is 0 Å². The zero-order valence-corrected chi connectivity index (χ0v) is 16.8. The average molecular weight is 400 g/mol. The van der Waals surface area contributed by atoms with E-state index in [1.54, 1.807) is 23.1 Å². The van der Waals surface area contributed by atoms with E-state index in [0.29, 0.717) is 23.8 Å². The van der Waals surface area contributed by atoms with Crippen LogP contribution in [0, 0.1) is 6.92 Å². The van der Waals surface area contributed by atoms with Gasteiger partial charge >= 0.3 is 0 Å². The molecule has 0 atom stereocenters. The standard InChI is InChI=1S/C20H21N3O2S2/c1-12-4-2-5-13(10-12)21-17(24)8-9-26-11-16-22-19(25)18-14-6-3-7-15(14)27-20(18)23-16/h2,4-5,10H,3,6-9,11H2,1H3,(H,21,24)(H,22,23,25). The van der Waals surface area contributed by atoms with Crippen molar-refractivity contribution >= 4 is 44.9 Å². The number of amides is 1. The average Bonchev–Trinajstić information content (AvgIpc) is 3.19. The van der Waals surface area contributed by atoms with Gasteiger partial charge in [0.1, 0.15) is 10.7 Å². The third-order valence-corrected chi connectivity index (χ3v) is 6.79. The van der Waals surface area contributed by atoms with Gasteiger partial charge in [-0.1, -0.05) is 12.1 Å².